The van der Waals surface area contributed by atoms with Crippen LogP contribution in [0.4, 0.5) is 4.39 Å². The second-order valence-corrected chi connectivity index (χ2v) is 5.51. The first-order valence-corrected chi connectivity index (χ1v) is 6.97. The van der Waals surface area contributed by atoms with Crippen LogP contribution < -0.4 is 0 Å². The van der Waals surface area contributed by atoms with Crippen molar-refractivity contribution in [1.82, 2.24) is 9.97 Å². The molecule has 18 heavy (non-hydrogen) atoms. The smallest absolute Gasteiger partial charge is 0.139 e. The fourth-order valence-corrected chi connectivity index (χ4v) is 2.67. The lowest BCUT2D eigenvalue weighted by Crippen LogP contribution is -2.21. The molecule has 1 saturated heterocycles. The molecule has 1 fully saturated rings. The first-order chi connectivity index (χ1) is 8.72. The summed E-state index contributed by atoms with van der Waals surface area (Å²) in [6.45, 7) is 0.838. The minimum Gasteiger partial charge on any atom is -0.378 e. The third kappa shape index (κ3) is 2.42. The number of halogens is 2. The normalized spacial score (nSPS) is 20.4. The molecular weight excluding hydrogens is 299 g/mol. The predicted molar refractivity (Wildman–Crippen MR) is 71.0 cm³/mol. The molecule has 0 amide bonds. The van der Waals surface area contributed by atoms with Crippen molar-refractivity contribution in [2.45, 2.75) is 31.8 Å². The highest BCUT2D eigenvalue weighted by Gasteiger charge is 2.16. The number of fused-ring (bicyclic) bond motifs is 1. The largest absolute Gasteiger partial charge is 0.378 e. The van der Waals surface area contributed by atoms with E-state index in [1.165, 1.54) is 12.5 Å². The van der Waals surface area contributed by atoms with Crippen LogP contribution in [0.25, 0.3) is 11.0 Å². The summed E-state index contributed by atoms with van der Waals surface area (Å²) >= 11 is 3.17. The van der Waals surface area contributed by atoms with E-state index in [2.05, 4.69) is 25.9 Å². The van der Waals surface area contributed by atoms with Crippen molar-refractivity contribution in [3.8, 4) is 0 Å². The molecule has 3 rings (SSSR count). The zero-order valence-corrected chi connectivity index (χ0v) is 11.5. The highest BCUT2D eigenvalue weighted by Crippen LogP contribution is 2.23. The lowest BCUT2D eigenvalue weighted by molar-refractivity contribution is 0.0158. The number of imidazole rings is 1. The minimum absolute atomic E-state index is 0.243. The number of nitrogens with one attached hydrogen (secondary N) is 1. The van der Waals surface area contributed by atoms with Gasteiger partial charge in [0.25, 0.3) is 0 Å². The number of aromatic amines is 1. The minimum atomic E-state index is -0.272. The van der Waals surface area contributed by atoms with Gasteiger partial charge in [0.2, 0.25) is 0 Å². The monoisotopic (exact) mass is 312 g/mol. The van der Waals surface area contributed by atoms with Crippen LogP contribution in [0.15, 0.2) is 16.6 Å². The van der Waals surface area contributed by atoms with E-state index in [9.17, 15) is 4.39 Å². The Kier molecular flexibility index (Phi) is 3.35. The summed E-state index contributed by atoms with van der Waals surface area (Å²) in [5, 5.41) is 0. The Morgan fingerprint density at radius 2 is 2.33 bits per heavy atom. The van der Waals surface area contributed by atoms with Crippen LogP contribution in [0.5, 0.6) is 0 Å². The van der Waals surface area contributed by atoms with E-state index in [0.717, 1.165) is 42.7 Å². The molecule has 3 nitrogen and oxygen atoms in total. The zero-order valence-electron chi connectivity index (χ0n) is 9.88. The molecule has 1 N–H and O–H groups in total. The SMILES string of the molecule is Fc1cc2[nH]c(CC3CCCCO3)nc2cc1Br. The molecule has 2 heterocycles. The van der Waals surface area contributed by atoms with E-state index in [1.807, 2.05) is 0 Å². The van der Waals surface area contributed by atoms with Gasteiger partial charge in [0.1, 0.15) is 11.6 Å². The highest BCUT2D eigenvalue weighted by atomic mass is 79.9. The molecule has 0 spiro atoms. The van der Waals surface area contributed by atoms with Crippen LogP contribution in [0.3, 0.4) is 0 Å². The first kappa shape index (κ1) is 12.1. The van der Waals surface area contributed by atoms with Crippen molar-refractivity contribution in [3.63, 3.8) is 0 Å². The number of rotatable bonds is 2. The Labute approximate surface area is 113 Å². The van der Waals surface area contributed by atoms with E-state index >= 15 is 0 Å². The summed E-state index contributed by atoms with van der Waals surface area (Å²) in [4.78, 5) is 7.64. The Balaban J connectivity index is 1.84. The van der Waals surface area contributed by atoms with E-state index in [4.69, 9.17) is 4.74 Å². The maximum Gasteiger partial charge on any atom is 0.139 e. The van der Waals surface area contributed by atoms with Crippen LogP contribution in [-0.4, -0.2) is 22.7 Å². The third-order valence-corrected chi connectivity index (χ3v) is 3.88. The van der Waals surface area contributed by atoms with Gasteiger partial charge in [0, 0.05) is 19.1 Å². The molecule has 1 unspecified atom stereocenters. The van der Waals surface area contributed by atoms with Gasteiger partial charge in [-0.3, -0.25) is 0 Å². The predicted octanol–water partition coefficient (Wildman–Crippen LogP) is 3.58. The molecule has 1 aromatic carbocycles. The Morgan fingerprint density at radius 3 is 3.11 bits per heavy atom. The van der Waals surface area contributed by atoms with Gasteiger partial charge >= 0.3 is 0 Å². The van der Waals surface area contributed by atoms with Crippen molar-refractivity contribution < 1.29 is 9.13 Å². The summed E-state index contributed by atoms with van der Waals surface area (Å²) in [5.41, 5.74) is 1.52. The van der Waals surface area contributed by atoms with Crippen LogP contribution >= 0.6 is 15.9 Å². The van der Waals surface area contributed by atoms with Crippen molar-refractivity contribution in [3.05, 3.63) is 28.2 Å². The second kappa shape index (κ2) is 4.97. The molecule has 5 heteroatoms. The summed E-state index contributed by atoms with van der Waals surface area (Å²) in [6.07, 6.45) is 4.45. The molecule has 96 valence electrons. The van der Waals surface area contributed by atoms with E-state index in [0.29, 0.717) is 4.47 Å². The van der Waals surface area contributed by atoms with E-state index < -0.39 is 0 Å². The topological polar surface area (TPSA) is 37.9 Å². The van der Waals surface area contributed by atoms with Gasteiger partial charge in [-0.15, -0.1) is 0 Å². The number of nitrogens with zero attached hydrogens (tertiary/aromatic N) is 1. The van der Waals surface area contributed by atoms with Crippen molar-refractivity contribution in [2.24, 2.45) is 0 Å². The molecule has 1 atom stereocenters. The number of benzene rings is 1. The number of ether oxygens (including phenoxy) is 1. The van der Waals surface area contributed by atoms with Gasteiger partial charge in [0.15, 0.2) is 0 Å². The Bertz CT molecular complexity index is 524. The van der Waals surface area contributed by atoms with E-state index in [1.54, 1.807) is 6.07 Å². The molecule has 0 aliphatic carbocycles. The standard InChI is InChI=1S/C13H14BrFN2O/c14-9-6-11-12(7-10(9)15)17-13(16-11)5-8-3-1-2-4-18-8/h6-8H,1-5H2,(H,16,17). The van der Waals surface area contributed by atoms with E-state index in [-0.39, 0.29) is 11.9 Å². The first-order valence-electron chi connectivity index (χ1n) is 6.17. The van der Waals surface area contributed by atoms with Crippen molar-refractivity contribution in [1.29, 1.82) is 0 Å². The lowest BCUT2D eigenvalue weighted by atomic mass is 10.1. The molecule has 1 aliphatic heterocycles. The van der Waals surface area contributed by atoms with Gasteiger partial charge in [0.05, 0.1) is 21.6 Å². The van der Waals surface area contributed by atoms with Crippen LogP contribution in [0, 0.1) is 5.82 Å². The molecule has 0 radical (unpaired) electrons. The van der Waals surface area contributed by atoms with Gasteiger partial charge < -0.3 is 9.72 Å². The quantitative estimate of drug-likeness (QED) is 0.920. The Hall–Kier alpha value is -0.940. The van der Waals surface area contributed by atoms with Gasteiger partial charge in [-0.25, -0.2) is 9.37 Å². The fourth-order valence-electron chi connectivity index (χ4n) is 2.34. The number of hydrogen-bond acceptors (Lipinski definition) is 2. The maximum atomic E-state index is 13.4. The van der Waals surface area contributed by atoms with Crippen LogP contribution in [0.2, 0.25) is 0 Å². The third-order valence-electron chi connectivity index (χ3n) is 3.27. The molecule has 0 bridgehead atoms. The van der Waals surface area contributed by atoms with Crippen LogP contribution in [0.1, 0.15) is 25.1 Å². The molecule has 1 aromatic heterocycles. The summed E-state index contributed by atoms with van der Waals surface area (Å²) in [5.74, 6) is 0.598. The van der Waals surface area contributed by atoms with Gasteiger partial charge in [-0.2, -0.15) is 0 Å². The lowest BCUT2D eigenvalue weighted by Gasteiger charge is -2.21. The fraction of sp³-hybridized carbons (Fsp3) is 0.462. The number of aromatic nitrogens is 2. The maximum absolute atomic E-state index is 13.4. The number of hydrogen-bond donors (Lipinski definition) is 1. The van der Waals surface area contributed by atoms with Crippen molar-refractivity contribution in [2.75, 3.05) is 6.61 Å². The summed E-state index contributed by atoms with van der Waals surface area (Å²) < 4.78 is 19.5. The Morgan fingerprint density at radius 1 is 1.44 bits per heavy atom. The van der Waals surface area contributed by atoms with Gasteiger partial charge in [-0.05, 0) is 41.3 Å². The van der Waals surface area contributed by atoms with Crippen LogP contribution in [-0.2, 0) is 11.2 Å². The molecular formula is C13H14BrFN2O. The zero-order chi connectivity index (χ0) is 12.5. The average molecular weight is 313 g/mol. The van der Waals surface area contributed by atoms with Crippen molar-refractivity contribution >= 4 is 27.0 Å². The number of H-pyrrole nitrogens is 1. The molecule has 1 aliphatic rings. The average Bonchev–Trinajstić information content (AvgIpc) is 2.72. The summed E-state index contributed by atoms with van der Waals surface area (Å²) in [7, 11) is 0. The molecule has 0 saturated carbocycles. The molecule has 2 aromatic rings. The highest BCUT2D eigenvalue weighted by molar-refractivity contribution is 9.10. The second-order valence-electron chi connectivity index (χ2n) is 4.66. The van der Waals surface area contributed by atoms with Gasteiger partial charge in [-0.1, -0.05) is 0 Å². The summed E-state index contributed by atoms with van der Waals surface area (Å²) in [6, 6.07) is 3.17.